The normalized spacial score (nSPS) is 14.2. The fourth-order valence-corrected chi connectivity index (χ4v) is 4.42. The van der Waals surface area contributed by atoms with Gasteiger partial charge < -0.3 is 14.9 Å². The topological polar surface area (TPSA) is 78.8 Å². The van der Waals surface area contributed by atoms with Crippen LogP contribution in [0.5, 0.6) is 11.5 Å². The summed E-state index contributed by atoms with van der Waals surface area (Å²) in [7, 11) is 3.06. The van der Waals surface area contributed by atoms with Crippen LogP contribution in [0.15, 0.2) is 24.1 Å². The summed E-state index contributed by atoms with van der Waals surface area (Å²) in [5.74, 6) is -0.452. The van der Waals surface area contributed by atoms with E-state index in [0.29, 0.717) is 36.8 Å². The minimum absolute atomic E-state index is 0.0819. The van der Waals surface area contributed by atoms with Gasteiger partial charge in [-0.15, -0.1) is 0 Å². The van der Waals surface area contributed by atoms with E-state index in [0.717, 1.165) is 17.1 Å². The van der Waals surface area contributed by atoms with Crippen LogP contribution in [0, 0.1) is 17.0 Å². The van der Waals surface area contributed by atoms with E-state index in [1.54, 1.807) is 26.1 Å². The molecule has 1 N–H and O–H groups in total. The molecule has 33 heavy (non-hydrogen) atoms. The highest BCUT2D eigenvalue weighted by molar-refractivity contribution is 7.42. The van der Waals surface area contributed by atoms with E-state index in [-0.39, 0.29) is 24.6 Å². The SMILES string of the molecule is CCP/C=C(\C(C)=N)c1cc2c(cn1)CN(c1c(F)c(OC)cc(OC)c1F)C(=O)N2CC. The molecular weight excluding hydrogens is 449 g/mol. The number of ether oxygens (including phenoxy) is 2. The number of methoxy groups -OCH3 is 2. The molecule has 0 radical (unpaired) electrons. The maximum Gasteiger partial charge on any atom is 0.329 e. The van der Waals surface area contributed by atoms with E-state index >= 15 is 8.78 Å². The number of hydrogen-bond donors (Lipinski definition) is 1. The highest BCUT2D eigenvalue weighted by Gasteiger charge is 2.36. The fourth-order valence-electron chi connectivity index (χ4n) is 3.65. The van der Waals surface area contributed by atoms with Crippen molar-refractivity contribution in [1.82, 2.24) is 4.98 Å². The van der Waals surface area contributed by atoms with Crippen LogP contribution in [0.1, 0.15) is 32.0 Å². The summed E-state index contributed by atoms with van der Waals surface area (Å²) < 4.78 is 40.3. The average molecular weight is 476 g/mol. The van der Waals surface area contributed by atoms with E-state index in [1.807, 2.05) is 5.82 Å². The van der Waals surface area contributed by atoms with Crippen molar-refractivity contribution in [1.29, 1.82) is 5.41 Å². The second-order valence-corrected chi connectivity index (χ2v) is 8.71. The molecule has 0 spiro atoms. The first-order chi connectivity index (χ1) is 15.8. The summed E-state index contributed by atoms with van der Waals surface area (Å²) in [5, 5.41) is 8.11. The van der Waals surface area contributed by atoms with Crippen LogP contribution in [0.25, 0.3) is 5.57 Å². The van der Waals surface area contributed by atoms with Gasteiger partial charge in [0.2, 0.25) is 0 Å². The average Bonchev–Trinajstić information content (AvgIpc) is 2.80. The molecule has 3 rings (SSSR count). The number of nitrogens with one attached hydrogen (secondary N) is 1. The predicted octanol–water partition coefficient (Wildman–Crippen LogP) is 5.42. The zero-order chi connectivity index (χ0) is 24.3. The Balaban J connectivity index is 2.13. The van der Waals surface area contributed by atoms with Crippen molar-refractivity contribution in [2.24, 2.45) is 0 Å². The lowest BCUT2D eigenvalue weighted by Crippen LogP contribution is -2.48. The van der Waals surface area contributed by atoms with Crippen molar-refractivity contribution in [2.75, 3.05) is 36.7 Å². The molecule has 7 nitrogen and oxygen atoms in total. The van der Waals surface area contributed by atoms with Crippen molar-refractivity contribution in [3.05, 3.63) is 47.0 Å². The zero-order valence-corrected chi connectivity index (χ0v) is 20.3. The third-order valence-corrected chi connectivity index (χ3v) is 6.21. The van der Waals surface area contributed by atoms with Crippen molar-refractivity contribution >= 4 is 37.3 Å². The molecule has 1 unspecified atom stereocenters. The molecule has 10 heteroatoms. The number of anilines is 2. The van der Waals surface area contributed by atoms with Crippen molar-refractivity contribution < 1.29 is 23.0 Å². The van der Waals surface area contributed by atoms with E-state index in [1.165, 1.54) is 19.1 Å². The lowest BCUT2D eigenvalue weighted by Gasteiger charge is -2.37. The number of amides is 2. The van der Waals surface area contributed by atoms with Gasteiger partial charge >= 0.3 is 6.03 Å². The lowest BCUT2D eigenvalue weighted by atomic mass is 10.0. The van der Waals surface area contributed by atoms with Crippen molar-refractivity contribution in [3.8, 4) is 11.5 Å². The lowest BCUT2D eigenvalue weighted by molar-refractivity contribution is 0.249. The van der Waals surface area contributed by atoms with Crippen LogP contribution < -0.4 is 19.3 Å². The summed E-state index contributed by atoms with van der Waals surface area (Å²) in [6.45, 7) is 5.72. The Morgan fingerprint density at radius 2 is 1.85 bits per heavy atom. The molecule has 0 saturated carbocycles. The number of halogens is 2. The molecule has 0 saturated heterocycles. The molecule has 1 aromatic heterocycles. The smallest absolute Gasteiger partial charge is 0.329 e. The van der Waals surface area contributed by atoms with E-state index in [4.69, 9.17) is 14.9 Å². The molecule has 2 amide bonds. The van der Waals surface area contributed by atoms with Crippen LogP contribution in [-0.2, 0) is 6.54 Å². The monoisotopic (exact) mass is 476 g/mol. The number of allylic oxidation sites excluding steroid dienone is 1. The molecule has 1 aromatic carbocycles. The number of fused-ring (bicyclic) bond motifs is 1. The predicted molar refractivity (Wildman–Crippen MR) is 129 cm³/mol. The second kappa shape index (κ2) is 10.3. The quantitative estimate of drug-likeness (QED) is 0.408. The first-order valence-corrected chi connectivity index (χ1v) is 11.7. The highest BCUT2D eigenvalue weighted by atomic mass is 31.1. The molecule has 0 bridgehead atoms. The van der Waals surface area contributed by atoms with Crippen LogP contribution in [0.3, 0.4) is 0 Å². The Kier molecular flexibility index (Phi) is 7.64. The minimum Gasteiger partial charge on any atom is -0.493 e. The molecule has 1 atom stereocenters. The van der Waals surface area contributed by atoms with Gasteiger partial charge in [0.1, 0.15) is 5.69 Å². The number of rotatable bonds is 8. The zero-order valence-electron chi connectivity index (χ0n) is 19.3. The third-order valence-electron chi connectivity index (χ3n) is 5.31. The summed E-state index contributed by atoms with van der Waals surface area (Å²) >= 11 is 0. The van der Waals surface area contributed by atoms with Gasteiger partial charge in [0, 0.05) is 35.7 Å². The van der Waals surface area contributed by atoms with Crippen molar-refractivity contribution in [2.45, 2.75) is 27.3 Å². The Bertz CT molecular complexity index is 1100. The molecule has 2 heterocycles. The maximum atomic E-state index is 15.1. The first kappa shape index (κ1) is 24.6. The molecular formula is C23H27F2N4O3P. The molecule has 1 aliphatic heterocycles. The third kappa shape index (κ3) is 4.55. The molecule has 1 aliphatic rings. The van der Waals surface area contributed by atoms with Crippen LogP contribution in [0.2, 0.25) is 0 Å². The standard InChI is InChI=1S/C23H27F2N4O3P/c1-6-28-17-8-16(15(13(3)26)12-33-7-2)27-10-14(17)11-29(23(28)30)22-20(24)18(31-4)9-19(32-5)21(22)25/h8-10,12,26,33H,6-7,11H2,1-5H3/b15-12+,26-13?. The first-order valence-electron chi connectivity index (χ1n) is 10.5. The molecule has 176 valence electrons. The summed E-state index contributed by atoms with van der Waals surface area (Å²) in [4.78, 5) is 20.3. The Morgan fingerprint density at radius 3 is 2.36 bits per heavy atom. The Labute approximate surface area is 193 Å². The summed E-state index contributed by atoms with van der Waals surface area (Å²) in [5.41, 5.74) is 2.36. The van der Waals surface area contributed by atoms with Gasteiger partial charge in [0.05, 0.1) is 32.1 Å². The van der Waals surface area contributed by atoms with Gasteiger partial charge in [0.25, 0.3) is 0 Å². The summed E-state index contributed by atoms with van der Waals surface area (Å²) in [6, 6.07) is 2.28. The molecule has 0 fully saturated rings. The molecule has 2 aromatic rings. The van der Waals surface area contributed by atoms with E-state index in [2.05, 4.69) is 11.9 Å². The number of aromatic nitrogens is 1. The van der Waals surface area contributed by atoms with Gasteiger partial charge in [-0.1, -0.05) is 21.3 Å². The largest absolute Gasteiger partial charge is 0.493 e. The van der Waals surface area contributed by atoms with E-state index < -0.39 is 23.4 Å². The highest BCUT2D eigenvalue weighted by Crippen LogP contribution is 2.41. The van der Waals surface area contributed by atoms with Crippen LogP contribution in [-0.4, -0.2) is 43.7 Å². The maximum absolute atomic E-state index is 15.1. The van der Waals surface area contributed by atoms with Crippen LogP contribution in [0.4, 0.5) is 25.0 Å². The Morgan fingerprint density at radius 1 is 1.21 bits per heavy atom. The van der Waals surface area contributed by atoms with Gasteiger partial charge in [-0.2, -0.15) is 0 Å². The van der Waals surface area contributed by atoms with Gasteiger partial charge in [-0.3, -0.25) is 14.8 Å². The van der Waals surface area contributed by atoms with Gasteiger partial charge in [-0.05, 0) is 26.1 Å². The molecule has 0 aliphatic carbocycles. The van der Waals surface area contributed by atoms with E-state index in [9.17, 15) is 4.79 Å². The number of benzene rings is 1. The number of pyridine rings is 1. The van der Waals surface area contributed by atoms with Gasteiger partial charge in [0.15, 0.2) is 23.1 Å². The summed E-state index contributed by atoms with van der Waals surface area (Å²) in [6.07, 6.45) is 2.54. The number of carbonyl (C=O) groups excluding carboxylic acids is 1. The number of hydrogen-bond acceptors (Lipinski definition) is 5. The Hall–Kier alpha value is -3.06. The second-order valence-electron chi connectivity index (χ2n) is 7.31. The van der Waals surface area contributed by atoms with Crippen LogP contribution >= 0.6 is 8.58 Å². The van der Waals surface area contributed by atoms with Gasteiger partial charge in [-0.25, -0.2) is 13.6 Å². The minimum atomic E-state index is -0.988. The number of nitrogens with zero attached hydrogens (tertiary/aromatic N) is 3. The number of urea groups is 1. The van der Waals surface area contributed by atoms with Crippen molar-refractivity contribution in [3.63, 3.8) is 0 Å². The number of carbonyl (C=O) groups is 1. The fraction of sp³-hybridized carbons (Fsp3) is 0.348.